The summed E-state index contributed by atoms with van der Waals surface area (Å²) in [7, 11) is -3.82. The Hall–Kier alpha value is -3.35. The highest BCUT2D eigenvalue weighted by molar-refractivity contribution is 7.89. The minimum atomic E-state index is -3.82. The van der Waals surface area contributed by atoms with E-state index >= 15 is 0 Å². The molecule has 0 radical (unpaired) electrons. The van der Waals surface area contributed by atoms with Gasteiger partial charge in [0, 0.05) is 48.4 Å². The van der Waals surface area contributed by atoms with Gasteiger partial charge in [-0.3, -0.25) is 19.6 Å². The summed E-state index contributed by atoms with van der Waals surface area (Å²) in [6.07, 6.45) is 2.31. The van der Waals surface area contributed by atoms with Gasteiger partial charge in [0.25, 0.3) is 5.69 Å². The Labute approximate surface area is 205 Å². The Bertz CT molecular complexity index is 1350. The maximum atomic E-state index is 13.2. The number of carbonyl (C=O) groups excluding carboxylic acids is 1. The molecule has 0 spiro atoms. The predicted molar refractivity (Wildman–Crippen MR) is 126 cm³/mol. The number of amides is 1. The number of rotatable bonds is 7. The second-order valence-corrected chi connectivity index (χ2v) is 10.4. The normalized spacial score (nSPS) is 15.1. The molecule has 0 bridgehead atoms. The molecular formula is C22H21ClFN5O5S. The van der Waals surface area contributed by atoms with Crippen molar-refractivity contribution in [3.63, 3.8) is 0 Å². The lowest BCUT2D eigenvalue weighted by Crippen LogP contribution is -2.41. The Kier molecular flexibility index (Phi) is 7.15. The molecule has 1 fully saturated rings. The molecule has 184 valence electrons. The van der Waals surface area contributed by atoms with E-state index in [1.807, 2.05) is 0 Å². The Morgan fingerprint density at radius 2 is 1.86 bits per heavy atom. The highest BCUT2D eigenvalue weighted by Gasteiger charge is 2.32. The number of sulfonamides is 1. The summed E-state index contributed by atoms with van der Waals surface area (Å²) in [6, 6.07) is 10.4. The number of hydrogen-bond acceptors (Lipinski definition) is 6. The van der Waals surface area contributed by atoms with Crippen LogP contribution in [-0.4, -0.2) is 46.4 Å². The van der Waals surface area contributed by atoms with E-state index in [-0.39, 0.29) is 34.6 Å². The standard InChI is InChI=1S/C22H21ClFN5O5S/c23-20-13-17(24)2-1-16(20)14-27-10-9-21(26-27)25-22(30)15-7-11-28(12-8-15)35(33,34)19-5-3-18(4-6-19)29(31)32/h1-6,9-10,13,15H,7-8,11-12,14H2,(H,25,26,30). The van der Waals surface area contributed by atoms with Crippen LogP contribution in [0.5, 0.6) is 0 Å². The molecule has 4 rings (SSSR count). The molecule has 1 amide bonds. The van der Waals surface area contributed by atoms with E-state index in [9.17, 15) is 27.7 Å². The molecule has 3 aromatic rings. The van der Waals surface area contributed by atoms with Gasteiger partial charge in [-0.05, 0) is 42.7 Å². The van der Waals surface area contributed by atoms with Crippen LogP contribution in [0.15, 0.2) is 59.6 Å². The zero-order valence-electron chi connectivity index (χ0n) is 18.3. The van der Waals surface area contributed by atoms with Crippen molar-refractivity contribution in [2.75, 3.05) is 18.4 Å². The smallest absolute Gasteiger partial charge is 0.269 e. The molecule has 0 aliphatic carbocycles. The van der Waals surface area contributed by atoms with Gasteiger partial charge in [-0.15, -0.1) is 0 Å². The molecule has 0 atom stereocenters. The van der Waals surface area contributed by atoms with Crippen molar-refractivity contribution < 1.29 is 22.5 Å². The van der Waals surface area contributed by atoms with Gasteiger partial charge in [0.1, 0.15) is 5.82 Å². The first-order chi connectivity index (χ1) is 16.6. The van der Waals surface area contributed by atoms with Crippen molar-refractivity contribution in [3.05, 3.63) is 81.2 Å². The van der Waals surface area contributed by atoms with Crippen LogP contribution in [0.4, 0.5) is 15.9 Å². The number of halogens is 2. The van der Waals surface area contributed by atoms with Crippen LogP contribution in [0.3, 0.4) is 0 Å². The van der Waals surface area contributed by atoms with Gasteiger partial charge in [-0.1, -0.05) is 17.7 Å². The van der Waals surface area contributed by atoms with Crippen LogP contribution in [0, 0.1) is 21.8 Å². The van der Waals surface area contributed by atoms with Crippen LogP contribution >= 0.6 is 11.6 Å². The highest BCUT2D eigenvalue weighted by atomic mass is 35.5. The largest absolute Gasteiger partial charge is 0.309 e. The van der Waals surface area contributed by atoms with E-state index < -0.39 is 26.7 Å². The maximum absolute atomic E-state index is 13.2. The minimum Gasteiger partial charge on any atom is -0.309 e. The summed E-state index contributed by atoms with van der Waals surface area (Å²) in [5.74, 6) is -0.745. The highest BCUT2D eigenvalue weighted by Crippen LogP contribution is 2.26. The molecule has 0 unspecified atom stereocenters. The number of piperidine rings is 1. The number of benzene rings is 2. The number of nitrogens with zero attached hydrogens (tertiary/aromatic N) is 4. The van der Waals surface area contributed by atoms with Gasteiger partial charge in [0.15, 0.2) is 5.82 Å². The van der Waals surface area contributed by atoms with E-state index in [1.54, 1.807) is 23.0 Å². The van der Waals surface area contributed by atoms with Crippen LogP contribution in [0.25, 0.3) is 0 Å². The Morgan fingerprint density at radius 3 is 2.49 bits per heavy atom. The fraction of sp³-hybridized carbons (Fsp3) is 0.273. The molecule has 1 N–H and O–H groups in total. The number of hydrogen-bond donors (Lipinski definition) is 1. The first-order valence-corrected chi connectivity index (χ1v) is 12.5. The molecule has 13 heteroatoms. The predicted octanol–water partition coefficient (Wildman–Crippen LogP) is 3.67. The number of non-ortho nitro benzene ring substituents is 1. The lowest BCUT2D eigenvalue weighted by Gasteiger charge is -2.30. The lowest BCUT2D eigenvalue weighted by molar-refractivity contribution is -0.384. The van der Waals surface area contributed by atoms with Crippen molar-refractivity contribution in [2.24, 2.45) is 5.92 Å². The number of carbonyl (C=O) groups is 1. The molecular weight excluding hydrogens is 501 g/mol. The summed E-state index contributed by atoms with van der Waals surface area (Å²) >= 11 is 6.05. The van der Waals surface area contributed by atoms with Crippen molar-refractivity contribution in [1.29, 1.82) is 0 Å². The van der Waals surface area contributed by atoms with Crippen molar-refractivity contribution in [3.8, 4) is 0 Å². The number of nitro benzene ring substituents is 1. The zero-order chi connectivity index (χ0) is 25.2. The van der Waals surface area contributed by atoms with Crippen molar-refractivity contribution in [2.45, 2.75) is 24.3 Å². The number of nitrogens with one attached hydrogen (secondary N) is 1. The van der Waals surface area contributed by atoms with Crippen molar-refractivity contribution >= 4 is 39.0 Å². The van der Waals surface area contributed by atoms with Crippen LogP contribution in [-0.2, 0) is 21.4 Å². The fourth-order valence-corrected chi connectivity index (χ4v) is 5.51. The average Bonchev–Trinajstić information content (AvgIpc) is 3.27. The molecule has 35 heavy (non-hydrogen) atoms. The number of anilines is 1. The summed E-state index contributed by atoms with van der Waals surface area (Å²) < 4.78 is 41.7. The lowest BCUT2D eigenvalue weighted by atomic mass is 9.97. The quantitative estimate of drug-likeness (QED) is 0.373. The van der Waals surface area contributed by atoms with E-state index in [1.165, 1.54) is 28.6 Å². The summed E-state index contributed by atoms with van der Waals surface area (Å²) in [6.45, 7) is 0.595. The van der Waals surface area contributed by atoms with E-state index in [0.717, 1.165) is 12.1 Å². The van der Waals surface area contributed by atoms with Crippen LogP contribution < -0.4 is 5.32 Å². The third-order valence-corrected chi connectivity index (χ3v) is 8.01. The van der Waals surface area contributed by atoms with Gasteiger partial charge in [0.2, 0.25) is 15.9 Å². The first-order valence-electron chi connectivity index (χ1n) is 10.7. The van der Waals surface area contributed by atoms with Crippen LogP contribution in [0.2, 0.25) is 5.02 Å². The molecule has 1 aromatic heterocycles. The maximum Gasteiger partial charge on any atom is 0.269 e. The molecule has 2 aromatic carbocycles. The summed E-state index contributed by atoms with van der Waals surface area (Å²) in [5, 5.41) is 18.1. The molecule has 2 heterocycles. The molecule has 1 saturated heterocycles. The number of nitro groups is 1. The van der Waals surface area contributed by atoms with Gasteiger partial charge < -0.3 is 5.32 Å². The topological polar surface area (TPSA) is 127 Å². The van der Waals surface area contributed by atoms with E-state index in [0.29, 0.717) is 30.8 Å². The van der Waals surface area contributed by atoms with E-state index in [4.69, 9.17) is 11.6 Å². The molecule has 0 saturated carbocycles. The fourth-order valence-electron chi connectivity index (χ4n) is 3.82. The monoisotopic (exact) mass is 521 g/mol. The molecule has 1 aliphatic rings. The second-order valence-electron chi connectivity index (χ2n) is 8.05. The average molecular weight is 522 g/mol. The molecule has 1 aliphatic heterocycles. The third-order valence-electron chi connectivity index (χ3n) is 5.75. The van der Waals surface area contributed by atoms with Crippen LogP contribution in [0.1, 0.15) is 18.4 Å². The minimum absolute atomic E-state index is 0.0298. The van der Waals surface area contributed by atoms with Gasteiger partial charge in [-0.2, -0.15) is 9.40 Å². The van der Waals surface area contributed by atoms with Gasteiger partial charge in [-0.25, -0.2) is 12.8 Å². The summed E-state index contributed by atoms with van der Waals surface area (Å²) in [4.78, 5) is 22.9. The van der Waals surface area contributed by atoms with Gasteiger partial charge >= 0.3 is 0 Å². The first kappa shape index (κ1) is 24.8. The molecule has 10 nitrogen and oxygen atoms in total. The summed E-state index contributed by atoms with van der Waals surface area (Å²) in [5.41, 5.74) is 0.484. The van der Waals surface area contributed by atoms with Gasteiger partial charge in [0.05, 0.1) is 16.4 Å². The number of aromatic nitrogens is 2. The Balaban J connectivity index is 1.32. The van der Waals surface area contributed by atoms with Crippen molar-refractivity contribution in [1.82, 2.24) is 14.1 Å². The zero-order valence-corrected chi connectivity index (χ0v) is 19.9. The SMILES string of the molecule is O=C(Nc1ccn(Cc2ccc(F)cc2Cl)n1)C1CCN(S(=O)(=O)c2ccc([N+](=O)[O-])cc2)CC1. The Morgan fingerprint density at radius 1 is 1.17 bits per heavy atom. The third kappa shape index (κ3) is 5.66. The van der Waals surface area contributed by atoms with E-state index in [2.05, 4.69) is 10.4 Å². The second kappa shape index (κ2) is 10.1.